The monoisotopic (exact) mass is 484 g/mol. The predicted molar refractivity (Wildman–Crippen MR) is 121 cm³/mol. The largest absolute Gasteiger partial charge is 0.440 e. The minimum Gasteiger partial charge on any atom is -0.440 e. The zero-order valence-corrected chi connectivity index (χ0v) is 18.8. The fraction of sp³-hybridized carbons (Fsp3) is 0.0870. The van der Waals surface area contributed by atoms with Crippen LogP contribution >= 0.6 is 11.6 Å². The van der Waals surface area contributed by atoms with Crippen LogP contribution in [0.5, 0.6) is 0 Å². The summed E-state index contributed by atoms with van der Waals surface area (Å²) in [5.74, 6) is -2.15. The Labute approximate surface area is 195 Å². The third-order valence-electron chi connectivity index (χ3n) is 5.14. The summed E-state index contributed by atoms with van der Waals surface area (Å²) in [6.07, 6.45) is 0. The normalized spacial score (nSPS) is 13.1. The van der Waals surface area contributed by atoms with E-state index < -0.39 is 34.5 Å². The fourth-order valence-electron chi connectivity index (χ4n) is 3.31. The molecule has 0 saturated carbocycles. The molecule has 0 aliphatic carbocycles. The topological polar surface area (TPSA) is 101 Å². The third-order valence-corrected chi connectivity index (χ3v) is 7.25. The number of hydrogen-bond donors (Lipinski definition) is 0. The Bertz CT molecular complexity index is 1340. The summed E-state index contributed by atoms with van der Waals surface area (Å²) in [4.78, 5) is 38.1. The van der Waals surface area contributed by atoms with Gasteiger partial charge in [0, 0.05) is 7.05 Å². The van der Waals surface area contributed by atoms with Gasteiger partial charge >= 0.3 is 5.97 Å². The van der Waals surface area contributed by atoms with Crippen molar-refractivity contribution in [3.63, 3.8) is 0 Å². The second kappa shape index (κ2) is 8.68. The van der Waals surface area contributed by atoms with Crippen molar-refractivity contribution in [2.24, 2.45) is 0 Å². The number of esters is 1. The number of nitrogens with zero attached hydrogens (tertiary/aromatic N) is 2. The van der Waals surface area contributed by atoms with Gasteiger partial charge in [0.15, 0.2) is 6.73 Å². The number of rotatable bonds is 6. The minimum absolute atomic E-state index is 0.0383. The minimum atomic E-state index is -4.00. The number of amides is 2. The number of hydrogen-bond acceptors (Lipinski definition) is 6. The van der Waals surface area contributed by atoms with Crippen LogP contribution in [0.1, 0.15) is 31.1 Å². The van der Waals surface area contributed by atoms with Crippen LogP contribution in [0.2, 0.25) is 5.02 Å². The van der Waals surface area contributed by atoms with Crippen molar-refractivity contribution in [1.29, 1.82) is 0 Å². The molecular formula is C23H17ClN2O6S. The molecule has 0 spiro atoms. The predicted octanol–water partition coefficient (Wildman–Crippen LogP) is 3.58. The Morgan fingerprint density at radius 3 is 2.12 bits per heavy atom. The van der Waals surface area contributed by atoms with E-state index in [-0.39, 0.29) is 26.6 Å². The second-order valence-corrected chi connectivity index (χ2v) is 9.47. The van der Waals surface area contributed by atoms with Crippen LogP contribution in [0.25, 0.3) is 0 Å². The van der Waals surface area contributed by atoms with Crippen molar-refractivity contribution >= 4 is 45.1 Å². The number of ether oxygens (including phenoxy) is 1. The summed E-state index contributed by atoms with van der Waals surface area (Å²) in [6.45, 7) is -0.637. The molecule has 0 fully saturated rings. The highest BCUT2D eigenvalue weighted by Gasteiger charge is 2.36. The van der Waals surface area contributed by atoms with Crippen molar-refractivity contribution in [3.05, 3.63) is 94.5 Å². The summed E-state index contributed by atoms with van der Waals surface area (Å²) in [7, 11) is -2.61. The zero-order valence-electron chi connectivity index (χ0n) is 17.3. The Kier molecular flexibility index (Phi) is 5.92. The number of fused-ring (bicyclic) bond motifs is 1. The molecule has 0 atom stereocenters. The zero-order chi connectivity index (χ0) is 23.8. The first kappa shape index (κ1) is 22.5. The molecule has 8 nitrogen and oxygen atoms in total. The Morgan fingerprint density at radius 2 is 1.52 bits per heavy atom. The van der Waals surface area contributed by atoms with Crippen LogP contribution in [0.4, 0.5) is 5.69 Å². The molecule has 0 N–H and O–H groups in total. The highest BCUT2D eigenvalue weighted by molar-refractivity contribution is 7.92. The van der Waals surface area contributed by atoms with E-state index in [0.29, 0.717) is 5.69 Å². The van der Waals surface area contributed by atoms with E-state index >= 15 is 0 Å². The maximum absolute atomic E-state index is 13.0. The van der Waals surface area contributed by atoms with Gasteiger partial charge in [0.25, 0.3) is 21.8 Å². The van der Waals surface area contributed by atoms with Gasteiger partial charge in [0.2, 0.25) is 0 Å². The summed E-state index contributed by atoms with van der Waals surface area (Å²) in [5.41, 5.74) is 0.653. The van der Waals surface area contributed by atoms with E-state index in [9.17, 15) is 22.8 Å². The van der Waals surface area contributed by atoms with Crippen LogP contribution in [0, 0.1) is 0 Å². The summed E-state index contributed by atoms with van der Waals surface area (Å²) < 4.78 is 32.3. The Hall–Kier alpha value is -3.69. The number of sulfonamides is 1. The Balaban J connectivity index is 1.54. The van der Waals surface area contributed by atoms with E-state index in [1.54, 1.807) is 42.5 Å². The van der Waals surface area contributed by atoms with Crippen molar-refractivity contribution in [2.45, 2.75) is 4.90 Å². The molecule has 2 amide bonds. The van der Waals surface area contributed by atoms with Crippen LogP contribution in [0.15, 0.2) is 77.7 Å². The van der Waals surface area contributed by atoms with Gasteiger partial charge in [-0.15, -0.1) is 0 Å². The lowest BCUT2D eigenvalue weighted by molar-refractivity contribution is 0.0228. The lowest BCUT2D eigenvalue weighted by atomic mass is 10.1. The van der Waals surface area contributed by atoms with Crippen molar-refractivity contribution < 1.29 is 27.5 Å². The fourth-order valence-corrected chi connectivity index (χ4v) is 4.73. The van der Waals surface area contributed by atoms with Crippen LogP contribution in [-0.2, 0) is 14.8 Å². The molecule has 168 valence electrons. The number of carbonyl (C=O) groups excluding carboxylic acids is 3. The van der Waals surface area contributed by atoms with Crippen LogP contribution in [0.3, 0.4) is 0 Å². The van der Waals surface area contributed by atoms with E-state index in [0.717, 1.165) is 15.3 Å². The van der Waals surface area contributed by atoms with Gasteiger partial charge in [-0.3, -0.25) is 13.9 Å². The van der Waals surface area contributed by atoms with Crippen molar-refractivity contribution in [1.82, 2.24) is 4.90 Å². The first-order valence-corrected chi connectivity index (χ1v) is 11.5. The number of benzene rings is 3. The molecule has 3 aromatic rings. The molecule has 0 bridgehead atoms. The Morgan fingerprint density at radius 1 is 0.939 bits per heavy atom. The number of carbonyl (C=O) groups is 3. The van der Waals surface area contributed by atoms with E-state index in [1.807, 2.05) is 0 Å². The summed E-state index contributed by atoms with van der Waals surface area (Å²) >= 11 is 6.11. The first-order valence-electron chi connectivity index (χ1n) is 9.67. The molecule has 33 heavy (non-hydrogen) atoms. The number of para-hydroxylation sites is 1. The van der Waals surface area contributed by atoms with Crippen molar-refractivity contribution in [3.8, 4) is 0 Å². The smallest absolute Gasteiger partial charge is 0.341 e. The van der Waals surface area contributed by atoms with Gasteiger partial charge in [-0.25, -0.2) is 18.1 Å². The highest BCUT2D eigenvalue weighted by atomic mass is 35.5. The lowest BCUT2D eigenvalue weighted by Gasteiger charge is -2.20. The average Bonchev–Trinajstić information content (AvgIpc) is 3.07. The standard InChI is InChI=1S/C23H17ClN2O6S/c1-25(15-7-3-2-4-8-15)33(30,31)16-11-12-20(24)19(13-16)23(29)32-14-26-21(27)17-9-5-6-10-18(17)22(26)28/h2-13H,14H2,1H3. The second-order valence-electron chi connectivity index (χ2n) is 7.09. The van der Waals surface area contributed by atoms with Crippen LogP contribution < -0.4 is 4.31 Å². The van der Waals surface area contributed by atoms with Gasteiger partial charge in [0.05, 0.1) is 32.3 Å². The van der Waals surface area contributed by atoms with Gasteiger partial charge in [0.1, 0.15) is 0 Å². The van der Waals surface area contributed by atoms with Gasteiger partial charge < -0.3 is 4.74 Å². The number of halogens is 1. The quantitative estimate of drug-likeness (QED) is 0.391. The molecular weight excluding hydrogens is 468 g/mol. The molecule has 1 aliphatic rings. The molecule has 1 heterocycles. The molecule has 3 aromatic carbocycles. The van der Waals surface area contributed by atoms with Gasteiger partial charge in [-0.05, 0) is 42.5 Å². The molecule has 1 aliphatic heterocycles. The maximum atomic E-state index is 13.0. The molecule has 0 radical (unpaired) electrons. The number of anilines is 1. The van der Waals surface area contributed by atoms with Gasteiger partial charge in [-0.2, -0.15) is 0 Å². The van der Waals surface area contributed by atoms with Crippen molar-refractivity contribution in [2.75, 3.05) is 18.1 Å². The van der Waals surface area contributed by atoms with Crippen LogP contribution in [-0.4, -0.2) is 44.9 Å². The van der Waals surface area contributed by atoms with Gasteiger partial charge in [-0.1, -0.05) is 41.9 Å². The molecule has 10 heteroatoms. The average molecular weight is 485 g/mol. The van der Waals surface area contributed by atoms with E-state index in [1.165, 1.54) is 31.3 Å². The van der Waals surface area contributed by atoms with E-state index in [4.69, 9.17) is 16.3 Å². The van der Waals surface area contributed by atoms with E-state index in [2.05, 4.69) is 0 Å². The summed E-state index contributed by atoms with van der Waals surface area (Å²) in [6, 6.07) is 18.3. The highest BCUT2D eigenvalue weighted by Crippen LogP contribution is 2.27. The lowest BCUT2D eigenvalue weighted by Crippen LogP contribution is -2.33. The number of imide groups is 1. The summed E-state index contributed by atoms with van der Waals surface area (Å²) in [5, 5.41) is -0.0383. The molecule has 0 saturated heterocycles. The third kappa shape index (κ3) is 4.08. The molecule has 0 unspecified atom stereocenters. The molecule has 4 rings (SSSR count). The molecule has 0 aromatic heterocycles. The first-order chi connectivity index (χ1) is 15.7. The SMILES string of the molecule is CN(c1ccccc1)S(=O)(=O)c1ccc(Cl)c(C(=O)OCN2C(=O)c3ccccc3C2=O)c1. The maximum Gasteiger partial charge on any atom is 0.341 e.